The molecule has 2 nitrogen and oxygen atoms in total. The number of hydrogen-bond acceptors (Lipinski definition) is 1. The molecule has 1 aromatic carbocycles. The van der Waals surface area contributed by atoms with Crippen LogP contribution in [0.25, 0.3) is 0 Å². The third-order valence-corrected chi connectivity index (χ3v) is 3.53. The predicted octanol–water partition coefficient (Wildman–Crippen LogP) is 3.44. The molecule has 0 aromatic heterocycles. The smallest absolute Gasteiger partial charge is 0.0873 e. The van der Waals surface area contributed by atoms with Crippen LogP contribution in [0.3, 0.4) is 0 Å². The maximum atomic E-state index is 4.89. The summed E-state index contributed by atoms with van der Waals surface area (Å²) < 4.78 is 0. The first kappa shape index (κ1) is 12.2. The Bertz CT molecular complexity index is 362. The van der Waals surface area contributed by atoms with Gasteiger partial charge in [-0.15, -0.1) is 0 Å². The number of nitrogens with zero attached hydrogens (tertiary/aromatic N) is 2. The quantitative estimate of drug-likeness (QED) is 0.573. The van der Waals surface area contributed by atoms with E-state index in [1.54, 1.807) is 0 Å². The van der Waals surface area contributed by atoms with E-state index in [0.717, 1.165) is 0 Å². The fourth-order valence-corrected chi connectivity index (χ4v) is 2.60. The molecule has 2 rings (SSSR count). The third kappa shape index (κ3) is 2.87. The van der Waals surface area contributed by atoms with Crippen LogP contribution >= 0.6 is 0 Å². The van der Waals surface area contributed by atoms with Gasteiger partial charge >= 0.3 is 0 Å². The van der Waals surface area contributed by atoms with Gasteiger partial charge in [0, 0.05) is 14.1 Å². The van der Waals surface area contributed by atoms with Gasteiger partial charge in [-0.25, -0.2) is 0 Å². The van der Waals surface area contributed by atoms with Gasteiger partial charge in [0.1, 0.15) is 0 Å². The van der Waals surface area contributed by atoms with Gasteiger partial charge in [0.15, 0.2) is 0 Å². The van der Waals surface area contributed by atoms with Gasteiger partial charge in [-0.1, -0.05) is 49.6 Å². The standard InChI is InChI=1S/C15H22N2/c1-17(2)13-16-15(11-7-4-8-12-15)14-9-5-3-6-10-14/h3,5-6,9-10,13H,4,7-8,11-12H2,1-2H3. The fraction of sp³-hybridized carbons (Fsp3) is 0.533. The number of aliphatic imine (C=N–C) groups is 1. The summed E-state index contributed by atoms with van der Waals surface area (Å²) in [6, 6.07) is 10.8. The Morgan fingerprint density at radius 3 is 2.29 bits per heavy atom. The molecule has 0 radical (unpaired) electrons. The van der Waals surface area contributed by atoms with E-state index in [1.807, 2.05) is 25.3 Å². The molecule has 1 saturated carbocycles. The molecule has 0 N–H and O–H groups in total. The van der Waals surface area contributed by atoms with Gasteiger partial charge < -0.3 is 4.90 Å². The second-order valence-electron chi connectivity index (χ2n) is 5.17. The Morgan fingerprint density at radius 1 is 1.06 bits per heavy atom. The van der Waals surface area contributed by atoms with Crippen LogP contribution in [0.2, 0.25) is 0 Å². The molecule has 1 aromatic rings. The number of rotatable bonds is 3. The summed E-state index contributed by atoms with van der Waals surface area (Å²) in [5.74, 6) is 0. The van der Waals surface area contributed by atoms with Crippen molar-refractivity contribution in [2.24, 2.45) is 4.99 Å². The zero-order chi connectivity index (χ0) is 12.1. The van der Waals surface area contributed by atoms with E-state index < -0.39 is 0 Å². The molecule has 17 heavy (non-hydrogen) atoms. The van der Waals surface area contributed by atoms with Crippen LogP contribution in [-0.2, 0) is 5.54 Å². The minimum absolute atomic E-state index is 0.0315. The molecule has 0 saturated heterocycles. The highest BCUT2D eigenvalue weighted by atomic mass is 15.1. The Kier molecular flexibility index (Phi) is 3.82. The van der Waals surface area contributed by atoms with Crippen molar-refractivity contribution >= 4 is 6.34 Å². The minimum Gasteiger partial charge on any atom is -0.369 e. The molecule has 0 unspecified atom stereocenters. The molecule has 0 spiro atoms. The van der Waals surface area contributed by atoms with Crippen molar-refractivity contribution in [1.82, 2.24) is 4.90 Å². The van der Waals surface area contributed by atoms with Crippen LogP contribution in [0.15, 0.2) is 35.3 Å². The molecule has 1 aliphatic rings. The van der Waals surface area contributed by atoms with Crippen molar-refractivity contribution in [2.45, 2.75) is 37.6 Å². The van der Waals surface area contributed by atoms with Crippen LogP contribution in [0.1, 0.15) is 37.7 Å². The minimum atomic E-state index is 0.0315. The molecule has 2 heteroatoms. The monoisotopic (exact) mass is 230 g/mol. The van der Waals surface area contributed by atoms with Gasteiger partial charge in [0.25, 0.3) is 0 Å². The van der Waals surface area contributed by atoms with Crippen molar-refractivity contribution < 1.29 is 0 Å². The van der Waals surface area contributed by atoms with E-state index in [-0.39, 0.29) is 5.54 Å². The molecule has 0 heterocycles. The average molecular weight is 230 g/mol. The van der Waals surface area contributed by atoms with Gasteiger partial charge in [0.05, 0.1) is 11.9 Å². The zero-order valence-electron chi connectivity index (χ0n) is 10.9. The first-order valence-electron chi connectivity index (χ1n) is 6.50. The van der Waals surface area contributed by atoms with Crippen LogP contribution in [0.5, 0.6) is 0 Å². The van der Waals surface area contributed by atoms with E-state index in [9.17, 15) is 0 Å². The molecule has 92 valence electrons. The first-order valence-corrected chi connectivity index (χ1v) is 6.50. The lowest BCUT2D eigenvalue weighted by Crippen LogP contribution is -2.28. The lowest BCUT2D eigenvalue weighted by Gasteiger charge is -2.34. The highest BCUT2D eigenvalue weighted by Crippen LogP contribution is 2.40. The van der Waals surface area contributed by atoms with Crippen LogP contribution in [-0.4, -0.2) is 25.3 Å². The molecule has 1 aliphatic carbocycles. The maximum absolute atomic E-state index is 4.89. The van der Waals surface area contributed by atoms with Gasteiger partial charge in [-0.05, 0) is 18.4 Å². The van der Waals surface area contributed by atoms with Crippen molar-refractivity contribution in [2.75, 3.05) is 14.1 Å². The van der Waals surface area contributed by atoms with E-state index in [0.29, 0.717) is 0 Å². The summed E-state index contributed by atoms with van der Waals surface area (Å²) in [5.41, 5.74) is 1.40. The maximum Gasteiger partial charge on any atom is 0.0873 e. The topological polar surface area (TPSA) is 15.6 Å². The summed E-state index contributed by atoms with van der Waals surface area (Å²) >= 11 is 0. The summed E-state index contributed by atoms with van der Waals surface area (Å²) in [7, 11) is 4.07. The van der Waals surface area contributed by atoms with Crippen LogP contribution in [0, 0.1) is 0 Å². The van der Waals surface area contributed by atoms with Crippen molar-refractivity contribution in [1.29, 1.82) is 0 Å². The Labute approximate surface area is 104 Å². The highest BCUT2D eigenvalue weighted by Gasteiger charge is 2.32. The molecular formula is C15H22N2. The Hall–Kier alpha value is -1.31. The summed E-state index contributed by atoms with van der Waals surface area (Å²) in [6.07, 6.45) is 8.27. The normalized spacial score (nSPS) is 19.4. The first-order chi connectivity index (χ1) is 8.23. The zero-order valence-corrected chi connectivity index (χ0v) is 10.9. The molecule has 1 fully saturated rings. The van der Waals surface area contributed by atoms with Gasteiger partial charge in [-0.3, -0.25) is 4.99 Å². The molecular weight excluding hydrogens is 208 g/mol. The van der Waals surface area contributed by atoms with Crippen LogP contribution < -0.4 is 0 Å². The molecule has 0 bridgehead atoms. The van der Waals surface area contributed by atoms with Gasteiger partial charge in [-0.2, -0.15) is 0 Å². The summed E-state index contributed by atoms with van der Waals surface area (Å²) in [6.45, 7) is 0. The lowest BCUT2D eigenvalue weighted by atomic mass is 9.77. The number of hydrogen-bond donors (Lipinski definition) is 0. The molecule has 0 aliphatic heterocycles. The van der Waals surface area contributed by atoms with Crippen LogP contribution in [0.4, 0.5) is 0 Å². The SMILES string of the molecule is CN(C)C=NC1(c2ccccc2)CCCCC1. The van der Waals surface area contributed by atoms with E-state index in [2.05, 4.69) is 30.3 Å². The molecule has 0 atom stereocenters. The largest absolute Gasteiger partial charge is 0.369 e. The van der Waals surface area contributed by atoms with E-state index >= 15 is 0 Å². The summed E-state index contributed by atoms with van der Waals surface area (Å²) in [5, 5.41) is 0. The third-order valence-electron chi connectivity index (χ3n) is 3.53. The number of benzene rings is 1. The second kappa shape index (κ2) is 5.35. The van der Waals surface area contributed by atoms with Crippen molar-refractivity contribution in [3.63, 3.8) is 0 Å². The predicted molar refractivity (Wildman–Crippen MR) is 73.4 cm³/mol. The second-order valence-corrected chi connectivity index (χ2v) is 5.17. The Balaban J connectivity index is 2.30. The van der Waals surface area contributed by atoms with Gasteiger partial charge in [0.2, 0.25) is 0 Å². The van der Waals surface area contributed by atoms with E-state index in [4.69, 9.17) is 4.99 Å². The van der Waals surface area contributed by atoms with E-state index in [1.165, 1.54) is 37.7 Å². The highest BCUT2D eigenvalue weighted by molar-refractivity contribution is 5.55. The lowest BCUT2D eigenvalue weighted by molar-refractivity contribution is 0.303. The van der Waals surface area contributed by atoms with Crippen molar-refractivity contribution in [3.05, 3.63) is 35.9 Å². The average Bonchev–Trinajstić information content (AvgIpc) is 2.39. The fourth-order valence-electron chi connectivity index (χ4n) is 2.60. The Morgan fingerprint density at radius 2 is 1.71 bits per heavy atom. The van der Waals surface area contributed by atoms with Crippen molar-refractivity contribution in [3.8, 4) is 0 Å². The summed E-state index contributed by atoms with van der Waals surface area (Å²) in [4.78, 5) is 6.91. The molecule has 0 amide bonds.